The van der Waals surface area contributed by atoms with Gasteiger partial charge in [-0.05, 0) is 37.2 Å². The number of hydrogen-bond acceptors (Lipinski definition) is 3. The largest absolute Gasteiger partial charge is 0.308 e. The number of nitrogens with one attached hydrogen (secondary N) is 1. The van der Waals surface area contributed by atoms with E-state index in [4.69, 9.17) is 11.6 Å². The van der Waals surface area contributed by atoms with Gasteiger partial charge in [-0.15, -0.1) is 0 Å². The monoisotopic (exact) mass is 247 g/mol. The molecule has 0 saturated heterocycles. The van der Waals surface area contributed by atoms with Gasteiger partial charge in [-0.3, -0.25) is 9.97 Å². The van der Waals surface area contributed by atoms with Crippen LogP contribution in [0, 0.1) is 6.92 Å². The number of nitrogens with zero attached hydrogens (tertiary/aromatic N) is 2. The third-order valence-corrected chi connectivity index (χ3v) is 2.95. The highest BCUT2D eigenvalue weighted by atomic mass is 35.5. The van der Waals surface area contributed by atoms with E-state index >= 15 is 0 Å². The van der Waals surface area contributed by atoms with E-state index in [0.29, 0.717) is 0 Å². The van der Waals surface area contributed by atoms with Gasteiger partial charge in [0.15, 0.2) is 0 Å². The van der Waals surface area contributed by atoms with Crippen molar-refractivity contribution in [2.75, 3.05) is 7.05 Å². The molecule has 1 N–H and O–H groups in total. The smallest absolute Gasteiger partial charge is 0.0801 e. The molecular formula is C13H14ClN3. The molecule has 0 spiro atoms. The molecular weight excluding hydrogens is 234 g/mol. The van der Waals surface area contributed by atoms with Gasteiger partial charge < -0.3 is 5.32 Å². The number of aryl methyl sites for hydroxylation is 1. The number of rotatable bonds is 3. The van der Waals surface area contributed by atoms with Crippen LogP contribution in [0.1, 0.15) is 22.9 Å². The average molecular weight is 248 g/mol. The van der Waals surface area contributed by atoms with Crippen LogP contribution < -0.4 is 5.32 Å². The van der Waals surface area contributed by atoms with Crippen LogP contribution in [0.15, 0.2) is 36.8 Å². The minimum atomic E-state index is 0.0426. The van der Waals surface area contributed by atoms with Crippen LogP contribution >= 0.6 is 11.6 Å². The van der Waals surface area contributed by atoms with Crippen molar-refractivity contribution in [3.8, 4) is 0 Å². The Labute approximate surface area is 106 Å². The molecule has 0 saturated carbocycles. The van der Waals surface area contributed by atoms with Crippen LogP contribution in [0.25, 0.3) is 0 Å². The summed E-state index contributed by atoms with van der Waals surface area (Å²) in [6.07, 6.45) is 5.14. The van der Waals surface area contributed by atoms with Crippen molar-refractivity contribution < 1.29 is 0 Å². The van der Waals surface area contributed by atoms with E-state index in [0.717, 1.165) is 21.8 Å². The maximum absolute atomic E-state index is 5.96. The fourth-order valence-corrected chi connectivity index (χ4v) is 2.11. The zero-order valence-electron chi connectivity index (χ0n) is 9.81. The molecule has 17 heavy (non-hydrogen) atoms. The second kappa shape index (κ2) is 5.25. The second-order valence-corrected chi connectivity index (χ2v) is 4.29. The molecule has 0 radical (unpaired) electrons. The fourth-order valence-electron chi connectivity index (χ4n) is 1.89. The Morgan fingerprint density at radius 3 is 2.71 bits per heavy atom. The Morgan fingerprint density at radius 2 is 2.12 bits per heavy atom. The Balaban J connectivity index is 2.42. The predicted molar refractivity (Wildman–Crippen MR) is 69.1 cm³/mol. The van der Waals surface area contributed by atoms with E-state index < -0.39 is 0 Å². The van der Waals surface area contributed by atoms with Gasteiger partial charge in [0, 0.05) is 17.4 Å². The molecule has 3 nitrogen and oxygen atoms in total. The summed E-state index contributed by atoms with van der Waals surface area (Å²) in [7, 11) is 1.91. The molecule has 1 aromatic heterocycles. The highest BCUT2D eigenvalue weighted by Gasteiger charge is 2.15. The lowest BCUT2D eigenvalue weighted by molar-refractivity contribution is 0.663. The fraction of sp³-hybridized carbons (Fsp3) is 0.231. The third-order valence-electron chi connectivity index (χ3n) is 2.71. The van der Waals surface area contributed by atoms with E-state index in [9.17, 15) is 0 Å². The van der Waals surface area contributed by atoms with Gasteiger partial charge in [0.1, 0.15) is 0 Å². The Morgan fingerprint density at radius 1 is 1.29 bits per heavy atom. The molecule has 0 aliphatic heterocycles. The number of aromatic nitrogens is 2. The second-order valence-electron chi connectivity index (χ2n) is 3.85. The van der Waals surface area contributed by atoms with Crippen LogP contribution in [-0.2, 0) is 0 Å². The molecule has 1 heterocycles. The maximum atomic E-state index is 5.96. The van der Waals surface area contributed by atoms with Gasteiger partial charge >= 0.3 is 0 Å². The van der Waals surface area contributed by atoms with Crippen molar-refractivity contribution in [3.63, 3.8) is 0 Å². The van der Waals surface area contributed by atoms with Gasteiger partial charge in [0.05, 0.1) is 17.9 Å². The Hall–Kier alpha value is -1.45. The molecule has 0 bridgehead atoms. The summed E-state index contributed by atoms with van der Waals surface area (Å²) in [6.45, 7) is 2.04. The first-order chi connectivity index (χ1) is 8.22. The Kier molecular flexibility index (Phi) is 3.71. The van der Waals surface area contributed by atoms with Gasteiger partial charge in [-0.2, -0.15) is 0 Å². The van der Waals surface area contributed by atoms with Gasteiger partial charge in [0.25, 0.3) is 0 Å². The van der Waals surface area contributed by atoms with E-state index in [2.05, 4.69) is 15.3 Å². The molecule has 2 aromatic rings. The Bertz CT molecular complexity index is 499. The highest BCUT2D eigenvalue weighted by Crippen LogP contribution is 2.24. The zero-order chi connectivity index (χ0) is 12.3. The molecule has 1 atom stereocenters. The van der Waals surface area contributed by atoms with Crippen molar-refractivity contribution >= 4 is 11.6 Å². The first-order valence-corrected chi connectivity index (χ1v) is 5.79. The topological polar surface area (TPSA) is 37.8 Å². The van der Waals surface area contributed by atoms with E-state index in [-0.39, 0.29) is 6.04 Å². The highest BCUT2D eigenvalue weighted by molar-refractivity contribution is 6.30. The quantitative estimate of drug-likeness (QED) is 0.906. The van der Waals surface area contributed by atoms with Crippen LogP contribution in [0.3, 0.4) is 0 Å². The first kappa shape index (κ1) is 12.0. The van der Waals surface area contributed by atoms with E-state index in [1.54, 1.807) is 18.6 Å². The summed E-state index contributed by atoms with van der Waals surface area (Å²) < 4.78 is 0. The van der Waals surface area contributed by atoms with Gasteiger partial charge in [-0.1, -0.05) is 17.7 Å². The number of benzene rings is 1. The van der Waals surface area contributed by atoms with Gasteiger partial charge in [0.2, 0.25) is 0 Å². The molecule has 0 amide bonds. The standard InChI is InChI=1S/C13H14ClN3/c1-9-7-10(14)3-4-11(9)13(15-2)12-8-16-5-6-17-12/h3-8,13,15H,1-2H3. The number of hydrogen-bond donors (Lipinski definition) is 1. The third kappa shape index (κ3) is 2.62. The minimum Gasteiger partial charge on any atom is -0.308 e. The van der Waals surface area contributed by atoms with Crippen molar-refractivity contribution in [2.45, 2.75) is 13.0 Å². The molecule has 0 aliphatic rings. The lowest BCUT2D eigenvalue weighted by Crippen LogP contribution is -2.20. The van der Waals surface area contributed by atoms with Crippen LogP contribution in [0.2, 0.25) is 5.02 Å². The first-order valence-electron chi connectivity index (χ1n) is 5.41. The van der Waals surface area contributed by atoms with Crippen molar-refractivity contribution in [2.24, 2.45) is 0 Å². The molecule has 0 fully saturated rings. The molecule has 1 unspecified atom stereocenters. The van der Waals surface area contributed by atoms with Crippen LogP contribution in [0.5, 0.6) is 0 Å². The van der Waals surface area contributed by atoms with Crippen molar-refractivity contribution in [1.29, 1.82) is 0 Å². The molecule has 88 valence electrons. The van der Waals surface area contributed by atoms with E-state index in [1.165, 1.54) is 0 Å². The average Bonchev–Trinajstić information content (AvgIpc) is 2.34. The number of halogens is 1. The van der Waals surface area contributed by atoms with Crippen LogP contribution in [0.4, 0.5) is 0 Å². The summed E-state index contributed by atoms with van der Waals surface area (Å²) in [4.78, 5) is 8.43. The predicted octanol–water partition coefficient (Wildman–Crippen LogP) is 2.75. The summed E-state index contributed by atoms with van der Waals surface area (Å²) >= 11 is 5.96. The lowest BCUT2D eigenvalue weighted by Gasteiger charge is -2.18. The van der Waals surface area contributed by atoms with Crippen molar-refractivity contribution in [3.05, 3.63) is 58.6 Å². The molecule has 1 aromatic carbocycles. The summed E-state index contributed by atoms with van der Waals surface area (Å²) in [5.74, 6) is 0. The molecule has 4 heteroatoms. The molecule has 0 aliphatic carbocycles. The zero-order valence-corrected chi connectivity index (χ0v) is 10.6. The summed E-state index contributed by atoms with van der Waals surface area (Å²) in [6, 6.07) is 5.91. The van der Waals surface area contributed by atoms with Crippen molar-refractivity contribution in [1.82, 2.24) is 15.3 Å². The lowest BCUT2D eigenvalue weighted by atomic mass is 9.99. The van der Waals surface area contributed by atoms with E-state index in [1.807, 2.05) is 32.2 Å². The van der Waals surface area contributed by atoms with Gasteiger partial charge in [-0.25, -0.2) is 0 Å². The summed E-state index contributed by atoms with van der Waals surface area (Å²) in [5.41, 5.74) is 3.21. The normalized spacial score (nSPS) is 12.4. The summed E-state index contributed by atoms with van der Waals surface area (Å²) in [5, 5.41) is 4.00. The molecule has 2 rings (SSSR count). The minimum absolute atomic E-state index is 0.0426. The maximum Gasteiger partial charge on any atom is 0.0801 e. The van der Waals surface area contributed by atoms with Crippen LogP contribution in [-0.4, -0.2) is 17.0 Å². The SMILES string of the molecule is CNC(c1cnccn1)c1ccc(Cl)cc1C.